The van der Waals surface area contributed by atoms with Crippen LogP contribution in [0.5, 0.6) is 0 Å². The Labute approximate surface area is 167 Å². The summed E-state index contributed by atoms with van der Waals surface area (Å²) in [6.45, 7) is 10.5. The van der Waals surface area contributed by atoms with Crippen molar-refractivity contribution in [3.05, 3.63) is 65.9 Å². The molecule has 0 saturated carbocycles. The number of imidazole rings is 1. The lowest BCUT2D eigenvalue weighted by molar-refractivity contribution is 0.101. The maximum absolute atomic E-state index is 13.6. The number of carbonyl (C=O) groups is 1. The first-order valence-electron chi connectivity index (χ1n) is 10.1. The van der Waals surface area contributed by atoms with Crippen molar-refractivity contribution in [2.75, 3.05) is 11.4 Å². The molecular formula is C23H30FN3O. The predicted octanol–water partition coefficient (Wildman–Crippen LogP) is 6.07. The topological polar surface area (TPSA) is 37.6 Å². The Hall–Kier alpha value is -2.69. The Balaban J connectivity index is 0.000000660. The first-order valence-corrected chi connectivity index (χ1v) is 10.1. The van der Waals surface area contributed by atoms with Gasteiger partial charge in [-0.3, -0.25) is 9.20 Å². The van der Waals surface area contributed by atoms with Gasteiger partial charge in [0.15, 0.2) is 5.78 Å². The quantitative estimate of drug-likeness (QED) is 0.515. The van der Waals surface area contributed by atoms with E-state index in [4.69, 9.17) is 0 Å². The molecule has 0 N–H and O–H groups in total. The van der Waals surface area contributed by atoms with E-state index in [9.17, 15) is 9.18 Å². The molecule has 0 aliphatic carbocycles. The van der Waals surface area contributed by atoms with Crippen LogP contribution in [0, 0.1) is 5.82 Å². The number of pyridine rings is 1. The molecule has 1 aliphatic rings. The second kappa shape index (κ2) is 10.0. The highest BCUT2D eigenvalue weighted by Crippen LogP contribution is 2.36. The third-order valence-corrected chi connectivity index (χ3v) is 4.67. The Bertz CT molecular complexity index is 919. The average Bonchev–Trinajstić information content (AvgIpc) is 3.37. The summed E-state index contributed by atoms with van der Waals surface area (Å²) < 4.78 is 15.4. The second-order valence-electron chi connectivity index (χ2n) is 6.22. The third-order valence-electron chi connectivity index (χ3n) is 4.67. The highest BCUT2D eigenvalue weighted by molar-refractivity contribution is 5.93. The number of rotatable bonds is 3. The third kappa shape index (κ3) is 4.41. The molecule has 0 radical (unpaired) electrons. The fourth-order valence-corrected chi connectivity index (χ4v) is 3.54. The van der Waals surface area contributed by atoms with E-state index in [1.54, 1.807) is 25.3 Å². The van der Waals surface area contributed by atoms with E-state index >= 15 is 0 Å². The van der Waals surface area contributed by atoms with Crippen LogP contribution in [0.4, 0.5) is 10.1 Å². The smallest absolute Gasteiger partial charge is 0.178 e. The maximum Gasteiger partial charge on any atom is 0.178 e. The van der Waals surface area contributed by atoms with Gasteiger partial charge in [-0.05, 0) is 42.7 Å². The van der Waals surface area contributed by atoms with Gasteiger partial charge >= 0.3 is 0 Å². The molecule has 1 fully saturated rings. The van der Waals surface area contributed by atoms with Crippen molar-refractivity contribution in [2.24, 2.45) is 0 Å². The maximum atomic E-state index is 13.6. The summed E-state index contributed by atoms with van der Waals surface area (Å²) in [6, 6.07) is 10.9. The van der Waals surface area contributed by atoms with Gasteiger partial charge in [-0.2, -0.15) is 0 Å². The number of hydrogen-bond acceptors (Lipinski definition) is 3. The van der Waals surface area contributed by atoms with Gasteiger partial charge in [-0.1, -0.05) is 39.8 Å². The van der Waals surface area contributed by atoms with Crippen LogP contribution in [0.15, 0.2) is 48.8 Å². The molecule has 0 spiro atoms. The fraction of sp³-hybridized carbons (Fsp3) is 0.391. The van der Waals surface area contributed by atoms with E-state index in [1.807, 2.05) is 56.5 Å². The summed E-state index contributed by atoms with van der Waals surface area (Å²) in [6.07, 6.45) is 5.61. The second-order valence-corrected chi connectivity index (χ2v) is 6.22. The number of aromatic nitrogens is 2. The van der Waals surface area contributed by atoms with Crippen molar-refractivity contribution in [3.63, 3.8) is 0 Å². The van der Waals surface area contributed by atoms with Crippen molar-refractivity contribution < 1.29 is 9.18 Å². The number of ketones is 1. The van der Waals surface area contributed by atoms with Crippen molar-refractivity contribution in [2.45, 2.75) is 53.5 Å². The number of benzene rings is 1. The van der Waals surface area contributed by atoms with E-state index in [2.05, 4.69) is 9.88 Å². The van der Waals surface area contributed by atoms with Crippen molar-refractivity contribution in [1.82, 2.24) is 9.38 Å². The van der Waals surface area contributed by atoms with Crippen LogP contribution >= 0.6 is 0 Å². The molecule has 3 heterocycles. The Morgan fingerprint density at radius 2 is 1.89 bits per heavy atom. The number of nitrogens with zero attached hydrogens (tertiary/aromatic N) is 3. The predicted molar refractivity (Wildman–Crippen MR) is 114 cm³/mol. The minimum atomic E-state index is -0.205. The minimum Gasteiger partial charge on any atom is -0.363 e. The van der Waals surface area contributed by atoms with Crippen molar-refractivity contribution in [1.29, 1.82) is 0 Å². The number of anilines is 1. The summed E-state index contributed by atoms with van der Waals surface area (Å²) in [5, 5.41) is 0. The molecule has 28 heavy (non-hydrogen) atoms. The zero-order valence-corrected chi connectivity index (χ0v) is 17.4. The summed E-state index contributed by atoms with van der Waals surface area (Å²) in [4.78, 5) is 18.3. The minimum absolute atomic E-state index is 0.0113. The molecule has 4 nitrogen and oxygen atoms in total. The molecule has 2 aromatic heterocycles. The van der Waals surface area contributed by atoms with Crippen LogP contribution in [-0.4, -0.2) is 21.7 Å². The lowest BCUT2D eigenvalue weighted by Gasteiger charge is -2.27. The molecule has 0 bridgehead atoms. The Morgan fingerprint density at radius 1 is 1.14 bits per heavy atom. The molecular weight excluding hydrogens is 353 g/mol. The van der Waals surface area contributed by atoms with Crippen LogP contribution in [0.1, 0.15) is 69.6 Å². The van der Waals surface area contributed by atoms with Gasteiger partial charge in [0.05, 0.1) is 17.9 Å². The van der Waals surface area contributed by atoms with Crippen LogP contribution in [0.3, 0.4) is 0 Å². The molecule has 0 amide bonds. The number of carbonyl (C=O) groups excluding carboxylic acids is 1. The molecule has 1 atom stereocenters. The number of fused-ring (bicyclic) bond motifs is 1. The van der Waals surface area contributed by atoms with Crippen LogP contribution in [0.2, 0.25) is 0 Å². The van der Waals surface area contributed by atoms with Crippen LogP contribution in [-0.2, 0) is 0 Å². The molecule has 1 aromatic carbocycles. The average molecular weight is 384 g/mol. The lowest BCUT2D eigenvalue weighted by atomic mass is 10.0. The first-order chi connectivity index (χ1) is 13.6. The van der Waals surface area contributed by atoms with E-state index in [1.165, 1.54) is 6.07 Å². The number of halogens is 1. The summed E-state index contributed by atoms with van der Waals surface area (Å²) in [5.74, 6) is -0.217. The van der Waals surface area contributed by atoms with E-state index < -0.39 is 0 Å². The summed E-state index contributed by atoms with van der Waals surface area (Å²) in [7, 11) is 0. The SMILES string of the molecule is CC.CC.CC(=O)c1cnc2ccc(N3CCCC3c3cccc(F)c3)cn12. The van der Waals surface area contributed by atoms with E-state index in [-0.39, 0.29) is 17.6 Å². The van der Waals surface area contributed by atoms with E-state index in [0.29, 0.717) is 5.69 Å². The van der Waals surface area contributed by atoms with Crippen LogP contribution < -0.4 is 4.90 Å². The lowest BCUT2D eigenvalue weighted by Crippen LogP contribution is -2.23. The normalized spacial score (nSPS) is 15.5. The summed E-state index contributed by atoms with van der Waals surface area (Å²) in [5.41, 5.74) is 3.35. The first kappa shape index (κ1) is 21.6. The fourth-order valence-electron chi connectivity index (χ4n) is 3.54. The molecule has 3 aromatic rings. The molecule has 5 heteroatoms. The molecule has 1 saturated heterocycles. The monoisotopic (exact) mass is 383 g/mol. The van der Waals surface area contributed by atoms with Gasteiger partial charge in [0.25, 0.3) is 0 Å². The van der Waals surface area contributed by atoms with Gasteiger partial charge in [-0.15, -0.1) is 0 Å². The van der Waals surface area contributed by atoms with Gasteiger partial charge < -0.3 is 4.90 Å². The molecule has 4 rings (SSSR count). The van der Waals surface area contributed by atoms with Gasteiger partial charge in [0.1, 0.15) is 17.2 Å². The number of hydrogen-bond donors (Lipinski definition) is 0. The van der Waals surface area contributed by atoms with E-state index in [0.717, 1.165) is 36.3 Å². The highest BCUT2D eigenvalue weighted by Gasteiger charge is 2.27. The summed E-state index contributed by atoms with van der Waals surface area (Å²) >= 11 is 0. The highest BCUT2D eigenvalue weighted by atomic mass is 19.1. The van der Waals surface area contributed by atoms with Crippen molar-refractivity contribution >= 4 is 17.1 Å². The molecule has 150 valence electrons. The Kier molecular flexibility index (Phi) is 7.73. The largest absolute Gasteiger partial charge is 0.363 e. The molecule has 1 aliphatic heterocycles. The van der Waals surface area contributed by atoms with Gasteiger partial charge in [0, 0.05) is 19.7 Å². The Morgan fingerprint density at radius 3 is 2.57 bits per heavy atom. The van der Waals surface area contributed by atoms with Crippen LogP contribution in [0.25, 0.3) is 5.65 Å². The number of Topliss-reactive ketones (excluding diaryl/α,β-unsaturated/α-hetero) is 1. The molecule has 1 unspecified atom stereocenters. The zero-order valence-electron chi connectivity index (χ0n) is 17.4. The van der Waals surface area contributed by atoms with Gasteiger partial charge in [0.2, 0.25) is 0 Å². The van der Waals surface area contributed by atoms with Crippen molar-refractivity contribution in [3.8, 4) is 0 Å². The standard InChI is InChI=1S/C19H18FN3O.2C2H6/c1-13(24)18-11-21-19-8-7-16(12-23(18)19)22-9-3-6-17(22)14-4-2-5-15(20)10-14;2*1-2/h2,4-5,7-8,10-12,17H,3,6,9H2,1H3;2*1-2H3. The zero-order chi connectivity index (χ0) is 20.7. The van der Waals surface area contributed by atoms with Gasteiger partial charge in [-0.25, -0.2) is 9.37 Å².